The summed E-state index contributed by atoms with van der Waals surface area (Å²) < 4.78 is 5.40. The van der Waals surface area contributed by atoms with Crippen LogP contribution in [0.4, 0.5) is 0 Å². The zero-order valence-electron chi connectivity index (χ0n) is 14.6. The highest BCUT2D eigenvalue weighted by Gasteiger charge is 2.41. The number of aromatic nitrogens is 1. The van der Waals surface area contributed by atoms with E-state index in [9.17, 15) is 14.4 Å². The number of Topliss-reactive ketones (excluding diaryl/α,β-unsaturated/α-hetero) is 1. The van der Waals surface area contributed by atoms with Crippen LogP contribution in [0.3, 0.4) is 0 Å². The number of carbonyl (C=O) groups is 3. The highest BCUT2D eigenvalue weighted by atomic mass is 16.6. The number of hydrogen-bond donors (Lipinski definition) is 0. The average molecular weight is 332 g/mol. The van der Waals surface area contributed by atoms with Crippen molar-refractivity contribution in [2.45, 2.75) is 52.2 Å². The molecule has 0 saturated carbocycles. The number of ether oxygens (including phenoxy) is 1. The van der Waals surface area contributed by atoms with E-state index in [1.54, 1.807) is 39.1 Å². The molecular formula is C18H24N2O4. The maximum atomic E-state index is 12.5. The van der Waals surface area contributed by atoms with Gasteiger partial charge in [0.15, 0.2) is 5.78 Å². The monoisotopic (exact) mass is 332 g/mol. The van der Waals surface area contributed by atoms with E-state index in [4.69, 9.17) is 4.74 Å². The molecule has 0 bridgehead atoms. The third kappa shape index (κ3) is 4.19. The first-order valence-corrected chi connectivity index (χ1v) is 8.19. The summed E-state index contributed by atoms with van der Waals surface area (Å²) in [5.41, 5.74) is -0.124. The third-order valence-electron chi connectivity index (χ3n) is 3.92. The van der Waals surface area contributed by atoms with Crippen LogP contribution >= 0.6 is 0 Å². The number of likely N-dealkylation sites (tertiary alicyclic amines) is 1. The maximum absolute atomic E-state index is 12.5. The lowest BCUT2D eigenvalue weighted by Crippen LogP contribution is -2.45. The van der Waals surface area contributed by atoms with Crippen LogP contribution < -0.4 is 0 Å². The summed E-state index contributed by atoms with van der Waals surface area (Å²) in [5, 5.41) is 0. The molecule has 1 aromatic rings. The van der Waals surface area contributed by atoms with Gasteiger partial charge >= 0.3 is 5.97 Å². The molecule has 1 aromatic heterocycles. The second kappa shape index (κ2) is 7.11. The summed E-state index contributed by atoms with van der Waals surface area (Å²) in [4.78, 5) is 42.6. The lowest BCUT2D eigenvalue weighted by molar-refractivity contribution is -0.163. The van der Waals surface area contributed by atoms with Crippen molar-refractivity contribution in [1.29, 1.82) is 0 Å². The molecule has 6 heteroatoms. The predicted molar refractivity (Wildman–Crippen MR) is 88.3 cm³/mol. The van der Waals surface area contributed by atoms with E-state index in [1.165, 1.54) is 11.1 Å². The van der Waals surface area contributed by atoms with E-state index >= 15 is 0 Å². The van der Waals surface area contributed by atoms with Crippen LogP contribution in [0, 0.1) is 5.92 Å². The number of amides is 1. The van der Waals surface area contributed by atoms with Crippen molar-refractivity contribution < 1.29 is 19.1 Å². The molecule has 0 radical (unpaired) electrons. The fourth-order valence-corrected chi connectivity index (χ4v) is 2.84. The van der Waals surface area contributed by atoms with Crippen molar-refractivity contribution in [3.05, 3.63) is 30.1 Å². The predicted octanol–water partition coefficient (Wildman–Crippen LogP) is 2.23. The molecule has 6 nitrogen and oxygen atoms in total. The highest BCUT2D eigenvalue weighted by Crippen LogP contribution is 2.26. The van der Waals surface area contributed by atoms with Crippen LogP contribution in [0.5, 0.6) is 0 Å². The van der Waals surface area contributed by atoms with E-state index in [0.717, 1.165) is 0 Å². The largest absolute Gasteiger partial charge is 0.458 e. The summed E-state index contributed by atoms with van der Waals surface area (Å²) >= 11 is 0. The van der Waals surface area contributed by atoms with Crippen LogP contribution in [-0.2, 0) is 14.3 Å². The average Bonchev–Trinajstić information content (AvgIpc) is 2.88. The van der Waals surface area contributed by atoms with Gasteiger partial charge in [-0.3, -0.25) is 14.6 Å². The summed E-state index contributed by atoms with van der Waals surface area (Å²) in [7, 11) is 0. The van der Waals surface area contributed by atoms with Crippen LogP contribution in [0.1, 0.15) is 50.9 Å². The molecule has 1 fully saturated rings. The standard InChI is InChI=1S/C18H24N2O4/c1-5-14(17(23)24-18(2,3)4)20-11-13(9-15(20)21)16(22)12-7-6-8-19-10-12/h6-8,10,13-14H,5,9,11H2,1-4H3/t13-,14+/m1/s1. The fourth-order valence-electron chi connectivity index (χ4n) is 2.84. The van der Waals surface area contributed by atoms with Crippen LogP contribution in [-0.4, -0.2) is 45.7 Å². The van der Waals surface area contributed by atoms with Gasteiger partial charge in [0.2, 0.25) is 5.91 Å². The minimum atomic E-state index is -0.650. The van der Waals surface area contributed by atoms with Crippen molar-refractivity contribution in [2.24, 2.45) is 5.92 Å². The number of nitrogens with zero attached hydrogens (tertiary/aromatic N) is 2. The molecule has 0 spiro atoms. The number of hydrogen-bond acceptors (Lipinski definition) is 5. The molecule has 1 aliphatic heterocycles. The topological polar surface area (TPSA) is 76.6 Å². The second-order valence-corrected chi connectivity index (χ2v) is 7.01. The highest BCUT2D eigenvalue weighted by molar-refractivity contribution is 6.01. The molecule has 0 aliphatic carbocycles. The Morgan fingerprint density at radius 1 is 1.42 bits per heavy atom. The van der Waals surface area contributed by atoms with Gasteiger partial charge in [-0.05, 0) is 39.3 Å². The van der Waals surface area contributed by atoms with Crippen molar-refractivity contribution in [2.75, 3.05) is 6.54 Å². The summed E-state index contributed by atoms with van der Waals surface area (Å²) in [6, 6.07) is 2.73. The first kappa shape index (κ1) is 18.1. The SMILES string of the molecule is CC[C@@H](C(=O)OC(C)(C)C)N1C[C@H](C(=O)c2cccnc2)CC1=O. The maximum Gasteiger partial charge on any atom is 0.329 e. The molecule has 2 heterocycles. The number of pyridine rings is 1. The van der Waals surface area contributed by atoms with Crippen LogP contribution in [0.25, 0.3) is 0 Å². The Kier molecular flexibility index (Phi) is 5.36. The molecule has 0 N–H and O–H groups in total. The van der Waals surface area contributed by atoms with E-state index in [1.807, 2.05) is 6.92 Å². The number of rotatable bonds is 5. The summed E-state index contributed by atoms with van der Waals surface area (Å²) in [5.74, 6) is -1.17. The van der Waals surface area contributed by atoms with Crippen molar-refractivity contribution in [1.82, 2.24) is 9.88 Å². The summed E-state index contributed by atoms with van der Waals surface area (Å²) in [6.45, 7) is 7.44. The Bertz CT molecular complexity index is 622. The molecule has 1 amide bonds. The molecule has 1 aliphatic rings. The van der Waals surface area contributed by atoms with Crippen molar-refractivity contribution in [3.63, 3.8) is 0 Å². The number of carbonyl (C=O) groups excluding carboxylic acids is 3. The van der Waals surface area contributed by atoms with E-state index in [2.05, 4.69) is 4.98 Å². The van der Waals surface area contributed by atoms with E-state index in [-0.39, 0.29) is 24.7 Å². The number of esters is 1. The Hall–Kier alpha value is -2.24. The Morgan fingerprint density at radius 3 is 2.67 bits per heavy atom. The van der Waals surface area contributed by atoms with Crippen molar-refractivity contribution in [3.8, 4) is 0 Å². The fraction of sp³-hybridized carbons (Fsp3) is 0.556. The molecule has 0 unspecified atom stereocenters. The van der Waals surface area contributed by atoms with Crippen LogP contribution in [0.15, 0.2) is 24.5 Å². The van der Waals surface area contributed by atoms with Gasteiger partial charge in [-0.2, -0.15) is 0 Å². The molecule has 2 atom stereocenters. The van der Waals surface area contributed by atoms with Crippen molar-refractivity contribution >= 4 is 17.7 Å². The second-order valence-electron chi connectivity index (χ2n) is 7.01. The zero-order chi connectivity index (χ0) is 17.9. The van der Waals surface area contributed by atoms with E-state index in [0.29, 0.717) is 12.0 Å². The minimum absolute atomic E-state index is 0.113. The molecule has 0 aromatic carbocycles. The van der Waals surface area contributed by atoms with Gasteiger partial charge in [0.05, 0.1) is 0 Å². The first-order valence-electron chi connectivity index (χ1n) is 8.19. The lowest BCUT2D eigenvalue weighted by Gasteiger charge is -2.29. The molecule has 1 saturated heterocycles. The number of ketones is 1. The van der Waals surface area contributed by atoms with Gasteiger partial charge in [-0.15, -0.1) is 0 Å². The van der Waals surface area contributed by atoms with E-state index < -0.39 is 23.5 Å². The smallest absolute Gasteiger partial charge is 0.329 e. The molecular weight excluding hydrogens is 308 g/mol. The third-order valence-corrected chi connectivity index (χ3v) is 3.92. The normalized spacial score (nSPS) is 19.2. The first-order chi connectivity index (χ1) is 11.2. The van der Waals surface area contributed by atoms with Gasteiger partial charge in [-0.1, -0.05) is 6.92 Å². The van der Waals surface area contributed by atoms with Gasteiger partial charge in [-0.25, -0.2) is 4.79 Å². The van der Waals surface area contributed by atoms with Crippen LogP contribution in [0.2, 0.25) is 0 Å². The quantitative estimate of drug-likeness (QED) is 0.610. The molecule has 2 rings (SSSR count). The molecule has 24 heavy (non-hydrogen) atoms. The summed E-state index contributed by atoms with van der Waals surface area (Å²) in [6.07, 6.45) is 3.67. The molecule has 130 valence electrons. The minimum Gasteiger partial charge on any atom is -0.458 e. The van der Waals surface area contributed by atoms with Gasteiger partial charge in [0.1, 0.15) is 11.6 Å². The van der Waals surface area contributed by atoms with Gasteiger partial charge < -0.3 is 9.64 Å². The lowest BCUT2D eigenvalue weighted by atomic mass is 9.98. The zero-order valence-corrected chi connectivity index (χ0v) is 14.6. The Balaban J connectivity index is 2.10. The van der Waals surface area contributed by atoms with Gasteiger partial charge in [0, 0.05) is 36.8 Å². The Labute approximate surface area is 142 Å². The van der Waals surface area contributed by atoms with Gasteiger partial charge in [0.25, 0.3) is 0 Å². The Morgan fingerprint density at radius 2 is 2.12 bits per heavy atom.